The number of carbonyl (C=O) groups is 1. The topological polar surface area (TPSA) is 67.5 Å². The number of hydrazone groups is 1. The average molecular weight is 405 g/mol. The highest BCUT2D eigenvalue weighted by Gasteiger charge is 2.08. The Hall–Kier alpha value is -2.44. The van der Waals surface area contributed by atoms with E-state index in [0.29, 0.717) is 22.1 Å². The highest BCUT2D eigenvalue weighted by atomic mass is 79.9. The summed E-state index contributed by atoms with van der Waals surface area (Å²) >= 11 is 9.39. The summed E-state index contributed by atoms with van der Waals surface area (Å²) in [7, 11) is 0. The maximum Gasteiger partial charge on any atom is 0.272 e. The van der Waals surface area contributed by atoms with Gasteiger partial charge in [0.05, 0.1) is 16.8 Å². The minimum absolute atomic E-state index is 0.363. The molecule has 120 valence electrons. The average Bonchev–Trinajstić information content (AvgIpc) is 3.04. The highest BCUT2D eigenvalue weighted by Crippen LogP contribution is 2.28. The minimum Gasteiger partial charge on any atom is -0.455 e. The van der Waals surface area contributed by atoms with Crippen LogP contribution in [0, 0.1) is 0 Å². The van der Waals surface area contributed by atoms with Gasteiger partial charge in [-0.15, -0.1) is 0 Å². The second kappa shape index (κ2) is 7.42. The quantitative estimate of drug-likeness (QED) is 0.513. The molecule has 0 saturated heterocycles. The van der Waals surface area contributed by atoms with Gasteiger partial charge >= 0.3 is 0 Å². The summed E-state index contributed by atoms with van der Waals surface area (Å²) in [5.41, 5.74) is 3.61. The molecular weight excluding hydrogens is 394 g/mol. The highest BCUT2D eigenvalue weighted by molar-refractivity contribution is 9.10. The van der Waals surface area contributed by atoms with E-state index >= 15 is 0 Å². The van der Waals surface area contributed by atoms with Crippen LogP contribution in [0.1, 0.15) is 16.1 Å². The van der Waals surface area contributed by atoms with Crippen LogP contribution in [0.15, 0.2) is 68.8 Å². The summed E-state index contributed by atoms with van der Waals surface area (Å²) < 4.78 is 6.37. The molecule has 0 aliphatic heterocycles. The molecule has 3 rings (SSSR count). The molecule has 24 heavy (non-hydrogen) atoms. The molecule has 1 N–H and O–H groups in total. The lowest BCUT2D eigenvalue weighted by Gasteiger charge is -1.99. The van der Waals surface area contributed by atoms with Gasteiger partial charge in [-0.3, -0.25) is 9.78 Å². The molecule has 0 radical (unpaired) electrons. The number of aromatic nitrogens is 1. The molecule has 5 nitrogen and oxygen atoms in total. The van der Waals surface area contributed by atoms with E-state index in [1.807, 2.05) is 18.2 Å². The Bertz CT molecular complexity index is 908. The molecule has 0 unspecified atom stereocenters. The summed E-state index contributed by atoms with van der Waals surface area (Å²) in [6.07, 6.45) is 4.47. The van der Waals surface area contributed by atoms with Crippen LogP contribution in [0.4, 0.5) is 0 Å². The predicted molar refractivity (Wildman–Crippen MR) is 96.2 cm³/mol. The molecule has 7 heteroatoms. The number of nitrogens with one attached hydrogen (secondary N) is 1. The second-order valence-corrected chi connectivity index (χ2v) is 6.10. The van der Waals surface area contributed by atoms with Gasteiger partial charge in [0.25, 0.3) is 5.91 Å². The Morgan fingerprint density at radius 1 is 1.25 bits per heavy atom. The smallest absolute Gasteiger partial charge is 0.272 e. The van der Waals surface area contributed by atoms with E-state index in [1.54, 1.807) is 30.5 Å². The summed E-state index contributed by atoms with van der Waals surface area (Å²) in [5.74, 6) is 0.764. The molecule has 0 fully saturated rings. The maximum atomic E-state index is 11.9. The number of rotatable bonds is 4. The Balaban J connectivity index is 1.68. The van der Waals surface area contributed by atoms with Gasteiger partial charge in [-0.05, 0) is 46.3 Å². The number of furan rings is 1. The van der Waals surface area contributed by atoms with Crippen LogP contribution in [0.25, 0.3) is 11.3 Å². The number of halogens is 2. The lowest BCUT2D eigenvalue weighted by molar-refractivity contribution is 0.0954. The van der Waals surface area contributed by atoms with Crippen LogP contribution in [-0.4, -0.2) is 17.1 Å². The van der Waals surface area contributed by atoms with Gasteiger partial charge in [0.2, 0.25) is 0 Å². The normalized spacial score (nSPS) is 10.9. The molecule has 2 heterocycles. The molecule has 0 aliphatic carbocycles. The third-order valence-electron chi connectivity index (χ3n) is 3.09. The van der Waals surface area contributed by atoms with E-state index in [4.69, 9.17) is 16.0 Å². The molecular formula is C17H11BrClN3O2. The van der Waals surface area contributed by atoms with Crippen molar-refractivity contribution in [3.63, 3.8) is 0 Å². The Morgan fingerprint density at radius 2 is 2.08 bits per heavy atom. The van der Waals surface area contributed by atoms with Gasteiger partial charge in [0, 0.05) is 22.4 Å². The first-order chi connectivity index (χ1) is 11.6. The summed E-state index contributed by atoms with van der Waals surface area (Å²) in [4.78, 5) is 15.9. The van der Waals surface area contributed by atoms with E-state index in [2.05, 4.69) is 31.4 Å². The van der Waals surface area contributed by atoms with Crippen molar-refractivity contribution in [1.82, 2.24) is 10.4 Å². The molecule has 0 atom stereocenters. The van der Waals surface area contributed by atoms with Crippen molar-refractivity contribution in [2.24, 2.45) is 5.10 Å². The number of carbonyl (C=O) groups excluding carboxylic acids is 1. The zero-order valence-electron chi connectivity index (χ0n) is 12.2. The lowest BCUT2D eigenvalue weighted by atomic mass is 10.2. The SMILES string of the molecule is O=C(NN=Cc1ccc(-c2ccccc2Cl)o1)c1cncc(Br)c1. The number of amides is 1. The fourth-order valence-electron chi connectivity index (χ4n) is 1.98. The first kappa shape index (κ1) is 16.4. The van der Waals surface area contributed by atoms with Crippen molar-refractivity contribution >= 4 is 39.7 Å². The molecule has 3 aromatic rings. The third-order valence-corrected chi connectivity index (χ3v) is 3.85. The maximum absolute atomic E-state index is 11.9. The van der Waals surface area contributed by atoms with Crippen molar-refractivity contribution in [3.05, 3.63) is 75.7 Å². The van der Waals surface area contributed by atoms with Crippen LogP contribution < -0.4 is 5.43 Å². The fraction of sp³-hybridized carbons (Fsp3) is 0. The van der Waals surface area contributed by atoms with Gasteiger partial charge in [-0.1, -0.05) is 23.7 Å². The number of hydrogen-bond acceptors (Lipinski definition) is 4. The Morgan fingerprint density at radius 3 is 2.88 bits per heavy atom. The molecule has 1 aromatic carbocycles. The molecule has 0 aliphatic rings. The van der Waals surface area contributed by atoms with Gasteiger partial charge in [0.15, 0.2) is 0 Å². The monoisotopic (exact) mass is 403 g/mol. The van der Waals surface area contributed by atoms with Crippen LogP contribution in [0.5, 0.6) is 0 Å². The van der Waals surface area contributed by atoms with Gasteiger partial charge in [-0.2, -0.15) is 5.10 Å². The third kappa shape index (κ3) is 3.90. The van der Waals surface area contributed by atoms with Crippen molar-refractivity contribution in [2.45, 2.75) is 0 Å². The van der Waals surface area contributed by atoms with Crippen molar-refractivity contribution in [2.75, 3.05) is 0 Å². The largest absolute Gasteiger partial charge is 0.455 e. The first-order valence-electron chi connectivity index (χ1n) is 6.92. The number of benzene rings is 1. The molecule has 1 amide bonds. The standard InChI is InChI=1S/C17H11BrClN3O2/c18-12-7-11(8-20-9-12)17(23)22-21-10-13-5-6-16(24-13)14-3-1-2-4-15(14)19/h1-10H,(H,22,23). The summed E-state index contributed by atoms with van der Waals surface area (Å²) in [6.45, 7) is 0. The van der Waals surface area contributed by atoms with E-state index in [0.717, 1.165) is 10.0 Å². The van der Waals surface area contributed by atoms with Gasteiger partial charge in [0.1, 0.15) is 11.5 Å². The second-order valence-electron chi connectivity index (χ2n) is 4.77. The minimum atomic E-state index is -0.363. The van der Waals surface area contributed by atoms with E-state index in [-0.39, 0.29) is 5.91 Å². The zero-order chi connectivity index (χ0) is 16.9. The first-order valence-corrected chi connectivity index (χ1v) is 8.09. The van der Waals surface area contributed by atoms with Crippen molar-refractivity contribution in [1.29, 1.82) is 0 Å². The van der Waals surface area contributed by atoms with Crippen LogP contribution in [-0.2, 0) is 0 Å². The Kier molecular flexibility index (Phi) is 5.08. The predicted octanol–water partition coefficient (Wildman–Crippen LogP) is 4.52. The van der Waals surface area contributed by atoms with E-state index in [9.17, 15) is 4.79 Å². The molecule has 2 aromatic heterocycles. The van der Waals surface area contributed by atoms with Gasteiger partial charge < -0.3 is 4.42 Å². The van der Waals surface area contributed by atoms with E-state index in [1.165, 1.54) is 12.4 Å². The fourth-order valence-corrected chi connectivity index (χ4v) is 2.58. The zero-order valence-corrected chi connectivity index (χ0v) is 14.6. The Labute approximate surface area is 151 Å². The van der Waals surface area contributed by atoms with Crippen LogP contribution in [0.3, 0.4) is 0 Å². The molecule has 0 saturated carbocycles. The number of pyridine rings is 1. The summed E-state index contributed by atoms with van der Waals surface area (Å²) in [5, 5.41) is 4.49. The number of nitrogens with zero attached hydrogens (tertiary/aromatic N) is 2. The van der Waals surface area contributed by atoms with Crippen LogP contribution >= 0.6 is 27.5 Å². The lowest BCUT2D eigenvalue weighted by Crippen LogP contribution is -2.17. The van der Waals surface area contributed by atoms with Gasteiger partial charge in [-0.25, -0.2) is 5.43 Å². The summed E-state index contributed by atoms with van der Waals surface area (Å²) in [6, 6.07) is 12.6. The van der Waals surface area contributed by atoms with E-state index < -0.39 is 0 Å². The van der Waals surface area contributed by atoms with Crippen LogP contribution in [0.2, 0.25) is 5.02 Å². The van der Waals surface area contributed by atoms with Crippen molar-refractivity contribution in [3.8, 4) is 11.3 Å². The van der Waals surface area contributed by atoms with Crippen molar-refractivity contribution < 1.29 is 9.21 Å². The molecule has 0 spiro atoms. The molecule has 0 bridgehead atoms. The number of hydrogen-bond donors (Lipinski definition) is 1.